The van der Waals surface area contributed by atoms with Crippen LogP contribution in [0.2, 0.25) is 0 Å². The van der Waals surface area contributed by atoms with E-state index in [9.17, 15) is 14.7 Å². The number of allylic oxidation sites excluding steroid dienone is 3. The third-order valence-electron chi connectivity index (χ3n) is 1.87. The van der Waals surface area contributed by atoms with Gasteiger partial charge in [0, 0.05) is 5.57 Å². The number of rotatable bonds is 2. The second-order valence-electron chi connectivity index (χ2n) is 3.06. The standard InChI is InChI=1S/C10H12O4.K/c1-3-14-10(13)9(12)7-4-6(2)5-8(7)11;/h5,12H,3-4H2,1-2H3;/q;+1/p-1/b9-7+;. The Morgan fingerprint density at radius 2 is 2.20 bits per heavy atom. The first-order chi connectivity index (χ1) is 6.56. The van der Waals surface area contributed by atoms with Gasteiger partial charge in [-0.05, 0) is 32.1 Å². The summed E-state index contributed by atoms with van der Waals surface area (Å²) in [7, 11) is 0. The third-order valence-corrected chi connectivity index (χ3v) is 1.87. The van der Waals surface area contributed by atoms with E-state index < -0.39 is 11.7 Å². The van der Waals surface area contributed by atoms with Crippen LogP contribution in [0.15, 0.2) is 23.0 Å². The van der Waals surface area contributed by atoms with Gasteiger partial charge in [0.1, 0.15) is 0 Å². The first kappa shape index (κ1) is 15.1. The summed E-state index contributed by atoms with van der Waals surface area (Å²) in [4.78, 5) is 22.2. The van der Waals surface area contributed by atoms with Crippen LogP contribution in [0.3, 0.4) is 0 Å². The van der Waals surface area contributed by atoms with Crippen molar-refractivity contribution in [3.8, 4) is 0 Å². The molecule has 5 heteroatoms. The van der Waals surface area contributed by atoms with Crippen molar-refractivity contribution in [2.45, 2.75) is 20.3 Å². The number of hydrogen-bond acceptors (Lipinski definition) is 4. The molecule has 76 valence electrons. The van der Waals surface area contributed by atoms with E-state index in [4.69, 9.17) is 0 Å². The number of ether oxygens (including phenoxy) is 1. The Bertz CT molecular complexity index is 341. The minimum Gasteiger partial charge on any atom is -0.867 e. The maximum Gasteiger partial charge on any atom is 1.00 e. The predicted octanol–water partition coefficient (Wildman–Crippen LogP) is -2.91. The molecule has 0 saturated carbocycles. The van der Waals surface area contributed by atoms with Crippen molar-refractivity contribution in [3.63, 3.8) is 0 Å². The summed E-state index contributed by atoms with van der Waals surface area (Å²) < 4.78 is 4.51. The average Bonchev–Trinajstić information content (AvgIpc) is 2.44. The largest absolute Gasteiger partial charge is 1.00 e. The van der Waals surface area contributed by atoms with Gasteiger partial charge in [0.05, 0.1) is 6.61 Å². The molecule has 0 unspecified atom stereocenters. The molecule has 1 rings (SSSR count). The molecular formula is C10H11KO4. The fourth-order valence-corrected chi connectivity index (χ4v) is 1.24. The van der Waals surface area contributed by atoms with E-state index in [2.05, 4.69) is 4.74 Å². The van der Waals surface area contributed by atoms with Crippen molar-refractivity contribution >= 4 is 11.8 Å². The van der Waals surface area contributed by atoms with E-state index in [1.54, 1.807) is 13.8 Å². The Hall–Kier alpha value is 0.0564. The molecule has 0 atom stereocenters. The number of hydrogen-bond donors (Lipinski definition) is 0. The molecule has 0 N–H and O–H groups in total. The van der Waals surface area contributed by atoms with Crippen LogP contribution in [0, 0.1) is 0 Å². The first-order valence-electron chi connectivity index (χ1n) is 4.35. The summed E-state index contributed by atoms with van der Waals surface area (Å²) in [5.74, 6) is -2.13. The van der Waals surface area contributed by atoms with Gasteiger partial charge in [0.2, 0.25) is 0 Å². The van der Waals surface area contributed by atoms with Crippen LogP contribution >= 0.6 is 0 Å². The molecule has 0 aromatic heterocycles. The molecular weight excluding hydrogens is 223 g/mol. The molecule has 0 radical (unpaired) electrons. The fraction of sp³-hybridized carbons (Fsp3) is 0.400. The topological polar surface area (TPSA) is 66.4 Å². The molecule has 4 nitrogen and oxygen atoms in total. The molecule has 0 saturated heterocycles. The SMILES string of the molecule is CCOC(=O)/C([O-])=C1/CC(C)=CC1=O.[K+]. The van der Waals surface area contributed by atoms with Gasteiger partial charge in [-0.15, -0.1) is 0 Å². The van der Waals surface area contributed by atoms with Gasteiger partial charge in [-0.1, -0.05) is 5.57 Å². The zero-order valence-corrected chi connectivity index (χ0v) is 12.2. The van der Waals surface area contributed by atoms with Gasteiger partial charge in [-0.2, -0.15) is 0 Å². The monoisotopic (exact) mass is 234 g/mol. The summed E-state index contributed by atoms with van der Waals surface area (Å²) >= 11 is 0. The molecule has 0 fully saturated rings. The number of carbonyl (C=O) groups excluding carboxylic acids is 2. The first-order valence-corrected chi connectivity index (χ1v) is 4.35. The molecule has 0 aromatic rings. The van der Waals surface area contributed by atoms with E-state index in [1.807, 2.05) is 0 Å². The van der Waals surface area contributed by atoms with Crippen LogP contribution in [-0.4, -0.2) is 18.4 Å². The molecule has 0 amide bonds. The van der Waals surface area contributed by atoms with Gasteiger partial charge in [-0.3, -0.25) is 4.79 Å². The normalized spacial score (nSPS) is 18.0. The second-order valence-corrected chi connectivity index (χ2v) is 3.06. The van der Waals surface area contributed by atoms with Gasteiger partial charge >= 0.3 is 57.4 Å². The van der Waals surface area contributed by atoms with Gasteiger partial charge < -0.3 is 9.84 Å². The van der Waals surface area contributed by atoms with E-state index in [-0.39, 0.29) is 75.8 Å². The molecule has 15 heavy (non-hydrogen) atoms. The number of carbonyl (C=O) groups is 2. The molecule has 0 aliphatic heterocycles. The number of ketones is 1. The van der Waals surface area contributed by atoms with Crippen molar-refractivity contribution in [1.29, 1.82) is 0 Å². The van der Waals surface area contributed by atoms with Crippen LogP contribution in [0.5, 0.6) is 0 Å². The summed E-state index contributed by atoms with van der Waals surface area (Å²) in [6, 6.07) is 0. The Morgan fingerprint density at radius 1 is 1.60 bits per heavy atom. The Balaban J connectivity index is 0.00000196. The second kappa shape index (κ2) is 6.60. The van der Waals surface area contributed by atoms with Gasteiger partial charge in [0.15, 0.2) is 5.78 Å². The molecule has 0 spiro atoms. The summed E-state index contributed by atoms with van der Waals surface area (Å²) in [5, 5.41) is 11.3. The van der Waals surface area contributed by atoms with E-state index in [1.165, 1.54) is 6.08 Å². The summed E-state index contributed by atoms with van der Waals surface area (Å²) in [6.45, 7) is 3.48. The zero-order chi connectivity index (χ0) is 10.7. The Labute approximate surface area is 131 Å². The predicted molar refractivity (Wildman–Crippen MR) is 47.0 cm³/mol. The Kier molecular flexibility index (Phi) is 6.62. The minimum absolute atomic E-state index is 0. The van der Waals surface area contributed by atoms with Crippen molar-refractivity contribution in [2.24, 2.45) is 0 Å². The van der Waals surface area contributed by atoms with Crippen molar-refractivity contribution in [2.75, 3.05) is 6.61 Å². The van der Waals surface area contributed by atoms with E-state index in [0.29, 0.717) is 0 Å². The maximum atomic E-state index is 11.3. The molecule has 1 aliphatic carbocycles. The van der Waals surface area contributed by atoms with E-state index in [0.717, 1.165) is 5.57 Å². The van der Waals surface area contributed by atoms with Crippen molar-refractivity contribution in [1.82, 2.24) is 0 Å². The minimum atomic E-state index is -0.945. The van der Waals surface area contributed by atoms with Crippen molar-refractivity contribution in [3.05, 3.63) is 23.0 Å². The molecule has 0 bridgehead atoms. The van der Waals surface area contributed by atoms with E-state index >= 15 is 0 Å². The zero-order valence-electron chi connectivity index (χ0n) is 9.12. The number of esters is 1. The quantitative estimate of drug-likeness (QED) is 0.222. The van der Waals surface area contributed by atoms with Gasteiger partial charge in [-0.25, -0.2) is 4.79 Å². The van der Waals surface area contributed by atoms with Crippen LogP contribution in [-0.2, 0) is 14.3 Å². The molecule has 0 heterocycles. The maximum absolute atomic E-state index is 11.3. The average molecular weight is 234 g/mol. The molecule has 0 aromatic carbocycles. The Morgan fingerprint density at radius 3 is 2.60 bits per heavy atom. The van der Waals surface area contributed by atoms with Gasteiger partial charge in [0.25, 0.3) is 0 Å². The smallest absolute Gasteiger partial charge is 0.867 e. The van der Waals surface area contributed by atoms with Crippen LogP contribution in [0.4, 0.5) is 0 Å². The van der Waals surface area contributed by atoms with Crippen molar-refractivity contribution < 1.29 is 70.8 Å². The fourth-order valence-electron chi connectivity index (χ4n) is 1.24. The third kappa shape index (κ3) is 3.84. The van der Waals surface area contributed by atoms with Crippen LogP contribution in [0.25, 0.3) is 0 Å². The van der Waals surface area contributed by atoms with Crippen LogP contribution < -0.4 is 56.5 Å². The molecule has 1 aliphatic rings. The summed E-state index contributed by atoms with van der Waals surface area (Å²) in [5.41, 5.74) is 0.809. The summed E-state index contributed by atoms with van der Waals surface area (Å²) in [6.07, 6.45) is 1.63. The van der Waals surface area contributed by atoms with Crippen LogP contribution in [0.1, 0.15) is 20.3 Å².